The second-order valence-electron chi connectivity index (χ2n) is 7.14. The number of ether oxygens (including phenoxy) is 1. The fourth-order valence-corrected chi connectivity index (χ4v) is 4.83. The molecule has 1 aromatic rings. The zero-order valence-corrected chi connectivity index (χ0v) is 16.6. The molecule has 2 heterocycles. The molecule has 0 bridgehead atoms. The average molecular weight is 395 g/mol. The number of likely N-dealkylation sites (N-methyl/N-ethyl adjacent to an activating group) is 1. The number of hydrogen-bond acceptors (Lipinski definition) is 5. The minimum absolute atomic E-state index is 0.0689. The molecule has 148 valence electrons. The summed E-state index contributed by atoms with van der Waals surface area (Å²) in [5, 5.41) is 2.66. The van der Waals surface area contributed by atoms with Gasteiger partial charge in [-0.2, -0.15) is 4.31 Å². The highest BCUT2D eigenvalue weighted by molar-refractivity contribution is 7.89. The van der Waals surface area contributed by atoms with Crippen LogP contribution < -0.4 is 10.1 Å². The van der Waals surface area contributed by atoms with E-state index < -0.39 is 10.0 Å². The summed E-state index contributed by atoms with van der Waals surface area (Å²) in [6.45, 7) is 3.94. The molecule has 0 saturated carbocycles. The minimum atomic E-state index is -3.87. The third-order valence-electron chi connectivity index (χ3n) is 5.08. The fraction of sp³-hybridized carbons (Fsp3) is 0.556. The number of rotatable bonds is 4. The van der Waals surface area contributed by atoms with Crippen LogP contribution in [-0.2, 0) is 19.6 Å². The number of carbonyl (C=O) groups excluding carboxylic acids is 2. The first-order valence-electron chi connectivity index (χ1n) is 9.03. The zero-order chi connectivity index (χ0) is 19.8. The molecular formula is C18H25N3O5S. The normalized spacial score (nSPS) is 20.1. The Labute approximate surface area is 159 Å². The molecule has 1 atom stereocenters. The summed E-state index contributed by atoms with van der Waals surface area (Å²) in [4.78, 5) is 25.8. The van der Waals surface area contributed by atoms with E-state index in [1.165, 1.54) is 13.1 Å². The van der Waals surface area contributed by atoms with Gasteiger partial charge < -0.3 is 15.0 Å². The van der Waals surface area contributed by atoms with Crippen molar-refractivity contribution in [2.45, 2.75) is 44.0 Å². The number of carbonyl (C=O) groups is 2. The Morgan fingerprint density at radius 1 is 1.37 bits per heavy atom. The van der Waals surface area contributed by atoms with Crippen molar-refractivity contribution in [3.63, 3.8) is 0 Å². The van der Waals surface area contributed by atoms with E-state index in [1.54, 1.807) is 17.9 Å². The summed E-state index contributed by atoms with van der Waals surface area (Å²) in [6.07, 6.45) is 2.97. The molecule has 0 spiro atoms. The van der Waals surface area contributed by atoms with E-state index in [0.29, 0.717) is 23.5 Å². The maximum absolute atomic E-state index is 13.0. The van der Waals surface area contributed by atoms with Crippen molar-refractivity contribution < 1.29 is 22.7 Å². The van der Waals surface area contributed by atoms with E-state index in [2.05, 4.69) is 5.32 Å². The first-order chi connectivity index (χ1) is 12.7. The first-order valence-corrected chi connectivity index (χ1v) is 10.5. The molecule has 3 rings (SSSR count). The number of sulfonamides is 1. The molecule has 27 heavy (non-hydrogen) atoms. The highest BCUT2D eigenvalue weighted by atomic mass is 32.2. The SMILES string of the molecule is Cc1cc2c(cc1S(=O)(=O)N(C)CC(=O)N1CCCCC1C)OCC(=O)N2. The maximum atomic E-state index is 13.0. The lowest BCUT2D eigenvalue weighted by Crippen LogP contribution is -2.47. The van der Waals surface area contributed by atoms with Crippen LogP contribution >= 0.6 is 0 Å². The van der Waals surface area contributed by atoms with Gasteiger partial charge in [0.25, 0.3) is 5.91 Å². The summed E-state index contributed by atoms with van der Waals surface area (Å²) in [5.41, 5.74) is 0.925. The number of likely N-dealkylation sites (tertiary alicyclic amines) is 1. The molecule has 1 N–H and O–H groups in total. The predicted octanol–water partition coefficient (Wildman–Crippen LogP) is 1.35. The fourth-order valence-electron chi connectivity index (χ4n) is 3.50. The van der Waals surface area contributed by atoms with Gasteiger partial charge in [0, 0.05) is 25.7 Å². The standard InChI is InChI=1S/C18H25N3O5S/c1-12-8-14-15(26-11-17(22)19-14)9-16(12)27(24,25)20(3)10-18(23)21-7-5-4-6-13(21)2/h8-9,13H,4-7,10-11H2,1-3H3,(H,19,22). The predicted molar refractivity (Wildman–Crippen MR) is 100 cm³/mol. The van der Waals surface area contributed by atoms with Crippen LogP contribution in [0.3, 0.4) is 0 Å². The number of anilines is 1. The van der Waals surface area contributed by atoms with E-state index in [-0.39, 0.29) is 35.9 Å². The van der Waals surface area contributed by atoms with Crippen LogP contribution in [0.2, 0.25) is 0 Å². The van der Waals surface area contributed by atoms with Crippen molar-refractivity contribution in [2.24, 2.45) is 0 Å². The van der Waals surface area contributed by atoms with Crippen LogP contribution in [0, 0.1) is 6.92 Å². The molecule has 2 aliphatic heterocycles. The number of hydrogen-bond donors (Lipinski definition) is 1. The Bertz CT molecular complexity index is 868. The Balaban J connectivity index is 1.81. The van der Waals surface area contributed by atoms with Crippen LogP contribution in [0.5, 0.6) is 5.75 Å². The van der Waals surface area contributed by atoms with E-state index in [9.17, 15) is 18.0 Å². The number of nitrogens with one attached hydrogen (secondary N) is 1. The highest BCUT2D eigenvalue weighted by Crippen LogP contribution is 2.33. The van der Waals surface area contributed by atoms with Crippen molar-refractivity contribution in [3.8, 4) is 5.75 Å². The van der Waals surface area contributed by atoms with E-state index in [4.69, 9.17) is 4.74 Å². The Morgan fingerprint density at radius 2 is 2.11 bits per heavy atom. The minimum Gasteiger partial charge on any atom is -0.482 e. The van der Waals surface area contributed by atoms with Gasteiger partial charge in [0.05, 0.1) is 17.1 Å². The summed E-state index contributed by atoms with van der Waals surface area (Å²) in [5.74, 6) is -0.161. The van der Waals surface area contributed by atoms with Gasteiger partial charge in [-0.25, -0.2) is 8.42 Å². The molecule has 0 aliphatic carbocycles. The molecule has 9 heteroatoms. The average Bonchev–Trinajstić information content (AvgIpc) is 2.61. The highest BCUT2D eigenvalue weighted by Gasteiger charge is 2.30. The third kappa shape index (κ3) is 3.93. The van der Waals surface area contributed by atoms with Gasteiger partial charge in [-0.05, 0) is 44.7 Å². The topological polar surface area (TPSA) is 96.0 Å². The largest absolute Gasteiger partial charge is 0.482 e. The molecule has 1 unspecified atom stereocenters. The number of benzene rings is 1. The molecule has 1 aromatic carbocycles. The Hall–Kier alpha value is -2.13. The maximum Gasteiger partial charge on any atom is 0.262 e. The van der Waals surface area contributed by atoms with Crippen LogP contribution in [-0.4, -0.2) is 62.2 Å². The number of fused-ring (bicyclic) bond motifs is 1. The van der Waals surface area contributed by atoms with Crippen LogP contribution in [0.4, 0.5) is 5.69 Å². The van der Waals surface area contributed by atoms with E-state index >= 15 is 0 Å². The monoisotopic (exact) mass is 395 g/mol. The summed E-state index contributed by atoms with van der Waals surface area (Å²) >= 11 is 0. The van der Waals surface area contributed by atoms with Crippen molar-refractivity contribution in [1.29, 1.82) is 0 Å². The molecular weight excluding hydrogens is 370 g/mol. The Morgan fingerprint density at radius 3 is 2.81 bits per heavy atom. The molecule has 2 aliphatic rings. The van der Waals surface area contributed by atoms with Crippen LogP contribution in [0.25, 0.3) is 0 Å². The van der Waals surface area contributed by atoms with Crippen molar-refractivity contribution >= 4 is 27.5 Å². The van der Waals surface area contributed by atoms with E-state index in [0.717, 1.165) is 23.6 Å². The number of piperidine rings is 1. The number of amides is 2. The number of aryl methyl sites for hydroxylation is 1. The van der Waals surface area contributed by atoms with Gasteiger partial charge in [-0.1, -0.05) is 0 Å². The summed E-state index contributed by atoms with van der Waals surface area (Å²) in [6, 6.07) is 3.11. The first kappa shape index (κ1) is 19.6. The van der Waals surface area contributed by atoms with Crippen LogP contribution in [0.1, 0.15) is 31.7 Å². The second kappa shape index (κ2) is 7.47. The third-order valence-corrected chi connectivity index (χ3v) is 7.02. The van der Waals surface area contributed by atoms with Crippen molar-refractivity contribution in [1.82, 2.24) is 9.21 Å². The van der Waals surface area contributed by atoms with Crippen LogP contribution in [0.15, 0.2) is 17.0 Å². The lowest BCUT2D eigenvalue weighted by molar-refractivity contribution is -0.134. The molecule has 1 saturated heterocycles. The molecule has 0 aromatic heterocycles. The van der Waals surface area contributed by atoms with Gasteiger partial charge in [0.1, 0.15) is 5.75 Å². The second-order valence-corrected chi connectivity index (χ2v) is 9.16. The van der Waals surface area contributed by atoms with E-state index in [1.807, 2.05) is 6.92 Å². The van der Waals surface area contributed by atoms with Gasteiger partial charge in [0.2, 0.25) is 15.9 Å². The van der Waals surface area contributed by atoms with Gasteiger partial charge in [0.15, 0.2) is 6.61 Å². The summed E-state index contributed by atoms with van der Waals surface area (Å²) < 4.78 is 32.4. The molecule has 1 fully saturated rings. The van der Waals surface area contributed by atoms with Gasteiger partial charge in [-0.3, -0.25) is 9.59 Å². The number of nitrogens with zero attached hydrogens (tertiary/aromatic N) is 2. The molecule has 0 radical (unpaired) electrons. The lowest BCUT2D eigenvalue weighted by Gasteiger charge is -2.34. The van der Waals surface area contributed by atoms with Gasteiger partial charge in [-0.15, -0.1) is 0 Å². The van der Waals surface area contributed by atoms with Gasteiger partial charge >= 0.3 is 0 Å². The zero-order valence-electron chi connectivity index (χ0n) is 15.8. The molecule has 2 amide bonds. The molecule has 8 nitrogen and oxygen atoms in total. The lowest BCUT2D eigenvalue weighted by atomic mass is 10.0. The Kier molecular flexibility index (Phi) is 5.43. The summed E-state index contributed by atoms with van der Waals surface area (Å²) in [7, 11) is -2.47. The van der Waals surface area contributed by atoms with Crippen molar-refractivity contribution in [3.05, 3.63) is 17.7 Å². The van der Waals surface area contributed by atoms with Crippen molar-refractivity contribution in [2.75, 3.05) is 32.1 Å². The quantitative estimate of drug-likeness (QED) is 0.830. The smallest absolute Gasteiger partial charge is 0.262 e.